The van der Waals surface area contributed by atoms with E-state index in [-0.39, 0.29) is 26.4 Å². The number of sulfonamides is 1. The second kappa shape index (κ2) is 7.27. The molecule has 0 aromatic heterocycles. The van der Waals surface area contributed by atoms with Gasteiger partial charge in [0.25, 0.3) is 0 Å². The summed E-state index contributed by atoms with van der Waals surface area (Å²) in [6.07, 6.45) is 1.80. The molecular weight excluding hydrogens is 381 g/mol. The van der Waals surface area contributed by atoms with Crippen molar-refractivity contribution >= 4 is 43.1 Å². The van der Waals surface area contributed by atoms with Crippen LogP contribution in [-0.4, -0.2) is 45.2 Å². The van der Waals surface area contributed by atoms with Gasteiger partial charge in [0.05, 0.1) is 26.4 Å². The minimum absolute atomic E-state index is 0.0250. The van der Waals surface area contributed by atoms with E-state index in [4.69, 9.17) is 23.2 Å². The highest BCUT2D eigenvalue weighted by molar-refractivity contribution is 7.92. The van der Waals surface area contributed by atoms with Crippen LogP contribution < -0.4 is 0 Å². The van der Waals surface area contributed by atoms with Crippen molar-refractivity contribution in [1.29, 1.82) is 0 Å². The molecule has 9 heteroatoms. The molecule has 1 heterocycles. The molecule has 0 radical (unpaired) electrons. The van der Waals surface area contributed by atoms with Gasteiger partial charge in [-0.2, -0.15) is 4.31 Å². The molecule has 1 aliphatic heterocycles. The number of unbranched alkanes of at least 4 members (excludes halogenated alkanes) is 1. The first-order chi connectivity index (χ1) is 10.7. The van der Waals surface area contributed by atoms with E-state index in [1.54, 1.807) is 0 Å². The predicted molar refractivity (Wildman–Crippen MR) is 92.3 cm³/mol. The Hall–Kier alpha value is -0.340. The maximum atomic E-state index is 12.9. The van der Waals surface area contributed by atoms with Crippen LogP contribution in [0.2, 0.25) is 10.0 Å². The highest BCUT2D eigenvalue weighted by atomic mass is 35.5. The fourth-order valence-corrected chi connectivity index (χ4v) is 6.50. The molecule has 0 aliphatic carbocycles. The molecule has 1 atom stereocenters. The van der Waals surface area contributed by atoms with E-state index in [1.807, 2.05) is 6.92 Å². The first-order valence-corrected chi connectivity index (χ1v) is 11.4. The van der Waals surface area contributed by atoms with Crippen molar-refractivity contribution in [2.75, 3.05) is 18.1 Å². The Balaban J connectivity index is 2.38. The Morgan fingerprint density at radius 1 is 1.26 bits per heavy atom. The summed E-state index contributed by atoms with van der Waals surface area (Å²) in [5, 5.41) is 0.427. The van der Waals surface area contributed by atoms with Gasteiger partial charge in [-0.3, -0.25) is 0 Å². The van der Waals surface area contributed by atoms with Gasteiger partial charge in [0, 0.05) is 12.6 Å². The van der Waals surface area contributed by atoms with E-state index < -0.39 is 25.9 Å². The predicted octanol–water partition coefficient (Wildman–Crippen LogP) is 2.97. The summed E-state index contributed by atoms with van der Waals surface area (Å²) in [7, 11) is -7.00. The molecule has 0 N–H and O–H groups in total. The topological polar surface area (TPSA) is 71.5 Å². The van der Waals surface area contributed by atoms with E-state index in [1.165, 1.54) is 22.5 Å². The van der Waals surface area contributed by atoms with Gasteiger partial charge in [-0.1, -0.05) is 36.5 Å². The fraction of sp³-hybridized carbons (Fsp3) is 0.571. The molecule has 1 fully saturated rings. The lowest BCUT2D eigenvalue weighted by Crippen LogP contribution is -2.41. The van der Waals surface area contributed by atoms with Crippen molar-refractivity contribution in [2.24, 2.45) is 0 Å². The minimum Gasteiger partial charge on any atom is -0.229 e. The summed E-state index contributed by atoms with van der Waals surface area (Å²) in [5.41, 5.74) is 0. The molecule has 1 aromatic rings. The van der Waals surface area contributed by atoms with E-state index in [0.29, 0.717) is 19.4 Å². The minimum atomic E-state index is -3.82. The lowest BCUT2D eigenvalue weighted by atomic mass is 10.2. The Morgan fingerprint density at radius 2 is 1.96 bits per heavy atom. The summed E-state index contributed by atoms with van der Waals surface area (Å²) in [6.45, 7) is 2.24. The van der Waals surface area contributed by atoms with Crippen LogP contribution >= 0.6 is 23.2 Å². The van der Waals surface area contributed by atoms with Gasteiger partial charge in [-0.15, -0.1) is 0 Å². The largest absolute Gasteiger partial charge is 0.243 e. The zero-order chi connectivity index (χ0) is 17.3. The maximum Gasteiger partial charge on any atom is 0.243 e. The Labute approximate surface area is 147 Å². The number of nitrogens with zero attached hydrogens (tertiary/aromatic N) is 1. The summed E-state index contributed by atoms with van der Waals surface area (Å²) >= 11 is 11.8. The molecule has 0 spiro atoms. The maximum absolute atomic E-state index is 12.9. The lowest BCUT2D eigenvalue weighted by molar-refractivity contribution is 0.335. The number of rotatable bonds is 6. The van der Waals surface area contributed by atoms with E-state index in [0.717, 1.165) is 6.42 Å². The van der Waals surface area contributed by atoms with Gasteiger partial charge in [-0.05, 0) is 31.0 Å². The van der Waals surface area contributed by atoms with Gasteiger partial charge >= 0.3 is 0 Å². The van der Waals surface area contributed by atoms with Crippen LogP contribution in [-0.2, 0) is 19.9 Å². The van der Waals surface area contributed by atoms with Crippen molar-refractivity contribution < 1.29 is 16.8 Å². The van der Waals surface area contributed by atoms with Crippen LogP contribution in [0.3, 0.4) is 0 Å². The summed E-state index contributed by atoms with van der Waals surface area (Å²) in [4.78, 5) is 0.0345. The van der Waals surface area contributed by atoms with E-state index >= 15 is 0 Å². The number of sulfone groups is 1. The Morgan fingerprint density at radius 3 is 2.48 bits per heavy atom. The molecule has 2 rings (SSSR count). The Bertz CT molecular complexity index is 778. The van der Waals surface area contributed by atoms with Crippen molar-refractivity contribution in [3.8, 4) is 0 Å². The van der Waals surface area contributed by atoms with Gasteiger partial charge in [0.2, 0.25) is 10.0 Å². The average Bonchev–Trinajstić information content (AvgIpc) is 2.82. The van der Waals surface area contributed by atoms with Gasteiger partial charge in [0.15, 0.2) is 9.84 Å². The second-order valence-corrected chi connectivity index (χ2v) is 10.5. The lowest BCUT2D eigenvalue weighted by Gasteiger charge is -2.27. The molecule has 0 unspecified atom stereocenters. The molecule has 0 saturated carbocycles. The SMILES string of the molecule is CCCCN([C@@H]1CCS(=O)(=O)C1)S(=O)(=O)c1ccc(Cl)c(Cl)c1. The average molecular weight is 400 g/mol. The molecular formula is C14H19Cl2NO4S2. The summed E-state index contributed by atoms with van der Waals surface area (Å²) in [6, 6.07) is 3.61. The van der Waals surface area contributed by atoms with Crippen LogP contribution in [0.1, 0.15) is 26.2 Å². The third-order valence-electron chi connectivity index (χ3n) is 3.85. The molecule has 5 nitrogen and oxygen atoms in total. The number of halogens is 2. The van der Waals surface area contributed by atoms with Crippen molar-refractivity contribution in [1.82, 2.24) is 4.31 Å². The number of hydrogen-bond donors (Lipinski definition) is 0. The van der Waals surface area contributed by atoms with E-state index in [2.05, 4.69) is 0 Å². The highest BCUT2D eigenvalue weighted by Crippen LogP contribution is 2.29. The quantitative estimate of drug-likeness (QED) is 0.736. The third kappa shape index (κ3) is 4.39. The summed E-state index contributed by atoms with van der Waals surface area (Å²) < 4.78 is 50.6. The molecule has 23 heavy (non-hydrogen) atoms. The van der Waals surface area contributed by atoms with Crippen LogP contribution in [0.4, 0.5) is 0 Å². The van der Waals surface area contributed by atoms with E-state index in [9.17, 15) is 16.8 Å². The molecule has 1 saturated heterocycles. The van der Waals surface area contributed by atoms with Crippen LogP contribution in [0.5, 0.6) is 0 Å². The van der Waals surface area contributed by atoms with Crippen LogP contribution in [0.25, 0.3) is 0 Å². The second-order valence-electron chi connectivity index (χ2n) is 5.60. The van der Waals surface area contributed by atoms with Crippen molar-refractivity contribution in [3.63, 3.8) is 0 Å². The van der Waals surface area contributed by atoms with Gasteiger partial charge < -0.3 is 0 Å². The normalized spacial score (nSPS) is 21.0. The smallest absolute Gasteiger partial charge is 0.229 e. The zero-order valence-electron chi connectivity index (χ0n) is 12.7. The third-order valence-corrected chi connectivity index (χ3v) is 8.28. The molecule has 1 aromatic carbocycles. The van der Waals surface area contributed by atoms with Crippen LogP contribution in [0.15, 0.2) is 23.1 Å². The van der Waals surface area contributed by atoms with Gasteiger partial charge in [-0.25, -0.2) is 16.8 Å². The molecule has 1 aliphatic rings. The zero-order valence-corrected chi connectivity index (χ0v) is 15.8. The van der Waals surface area contributed by atoms with Gasteiger partial charge in [0.1, 0.15) is 0 Å². The summed E-state index contributed by atoms with van der Waals surface area (Å²) in [5.74, 6) is -0.103. The molecule has 0 bridgehead atoms. The van der Waals surface area contributed by atoms with Crippen LogP contribution in [0, 0.1) is 0 Å². The molecule has 0 amide bonds. The Kier molecular flexibility index (Phi) is 6.00. The number of benzene rings is 1. The number of hydrogen-bond acceptors (Lipinski definition) is 4. The standard InChI is InChI=1S/C14H19Cl2NO4S2/c1-2-3-7-17(11-6-8-22(18,19)10-11)23(20,21)12-4-5-13(15)14(16)9-12/h4-5,9,11H,2-3,6-8,10H2,1H3/t11-/m1/s1. The monoisotopic (exact) mass is 399 g/mol. The van der Waals surface area contributed by atoms with Crippen molar-refractivity contribution in [3.05, 3.63) is 28.2 Å². The first kappa shape index (κ1) is 19.0. The molecule has 130 valence electrons. The first-order valence-electron chi connectivity index (χ1n) is 7.34. The van der Waals surface area contributed by atoms with Crippen molar-refractivity contribution in [2.45, 2.75) is 37.1 Å². The highest BCUT2D eigenvalue weighted by Gasteiger charge is 2.38. The fourth-order valence-electron chi connectivity index (χ4n) is 2.59.